The van der Waals surface area contributed by atoms with Gasteiger partial charge in [0.25, 0.3) is 0 Å². The minimum Gasteiger partial charge on any atom is -0.358 e. The summed E-state index contributed by atoms with van der Waals surface area (Å²) >= 11 is 5.48. The van der Waals surface area contributed by atoms with Gasteiger partial charge in [0.15, 0.2) is 0 Å². The van der Waals surface area contributed by atoms with Crippen LogP contribution in [-0.4, -0.2) is 49.9 Å². The van der Waals surface area contributed by atoms with Gasteiger partial charge in [-0.3, -0.25) is 4.79 Å². The van der Waals surface area contributed by atoms with Crippen LogP contribution in [-0.2, 0) is 14.8 Å². The lowest BCUT2D eigenvalue weighted by atomic mass is 10.2. The molecule has 1 saturated heterocycles. The molecule has 5 nitrogen and oxygen atoms in total. The molecule has 1 N–H and O–H groups in total. The highest BCUT2D eigenvalue weighted by molar-refractivity contribution is 7.89. The van der Waals surface area contributed by atoms with Crippen LogP contribution >= 0.6 is 11.6 Å². The number of hydrogen-bond acceptors (Lipinski definition) is 3. The molecule has 1 amide bonds. The fourth-order valence-corrected chi connectivity index (χ4v) is 3.89. The zero-order chi connectivity index (χ0) is 12.2. The predicted octanol–water partition coefficient (Wildman–Crippen LogP) is 0.155. The summed E-state index contributed by atoms with van der Waals surface area (Å²) < 4.78 is 25.1. The molecule has 0 spiro atoms. The summed E-state index contributed by atoms with van der Waals surface area (Å²) in [5.41, 5.74) is 0. The Kier molecular flexibility index (Phi) is 5.01. The average molecular weight is 269 g/mol. The van der Waals surface area contributed by atoms with E-state index < -0.39 is 16.1 Å². The summed E-state index contributed by atoms with van der Waals surface area (Å²) in [7, 11) is -1.82. The maximum absolute atomic E-state index is 11.9. The first-order valence-electron chi connectivity index (χ1n) is 5.30. The second-order valence-corrected chi connectivity index (χ2v) is 6.16. The number of sulfonamides is 1. The molecule has 0 aromatic carbocycles. The van der Waals surface area contributed by atoms with Crippen molar-refractivity contribution in [2.75, 3.05) is 25.2 Å². The molecular formula is C9H17ClN2O3S. The van der Waals surface area contributed by atoms with Gasteiger partial charge in [-0.2, -0.15) is 4.31 Å². The van der Waals surface area contributed by atoms with Crippen molar-refractivity contribution in [1.29, 1.82) is 0 Å². The number of likely N-dealkylation sites (N-methyl/N-ethyl adjacent to an activating group) is 1. The van der Waals surface area contributed by atoms with Crippen molar-refractivity contribution in [2.24, 2.45) is 0 Å². The number of halogens is 1. The van der Waals surface area contributed by atoms with Crippen LogP contribution in [0.3, 0.4) is 0 Å². The van der Waals surface area contributed by atoms with E-state index in [9.17, 15) is 13.2 Å². The van der Waals surface area contributed by atoms with E-state index in [0.29, 0.717) is 25.3 Å². The van der Waals surface area contributed by atoms with Gasteiger partial charge in [0.05, 0.1) is 5.75 Å². The van der Waals surface area contributed by atoms with Crippen molar-refractivity contribution >= 4 is 27.5 Å². The Balaban J connectivity index is 2.74. The van der Waals surface area contributed by atoms with Crippen LogP contribution in [0.25, 0.3) is 0 Å². The normalized spacial score (nSPS) is 22.2. The maximum atomic E-state index is 11.9. The molecule has 1 fully saturated rings. The van der Waals surface area contributed by atoms with Crippen LogP contribution in [0.4, 0.5) is 0 Å². The molecule has 0 aromatic rings. The first-order chi connectivity index (χ1) is 7.53. The third kappa shape index (κ3) is 3.09. The molecule has 16 heavy (non-hydrogen) atoms. The third-order valence-electron chi connectivity index (χ3n) is 2.65. The minimum atomic E-state index is -3.34. The smallest absolute Gasteiger partial charge is 0.238 e. The number of nitrogens with zero attached hydrogens (tertiary/aromatic N) is 1. The summed E-state index contributed by atoms with van der Waals surface area (Å²) in [4.78, 5) is 11.5. The zero-order valence-electron chi connectivity index (χ0n) is 9.28. The molecule has 0 aliphatic carbocycles. The zero-order valence-corrected chi connectivity index (χ0v) is 10.9. The fourth-order valence-electron chi connectivity index (χ4n) is 1.86. The van der Waals surface area contributed by atoms with Crippen molar-refractivity contribution in [1.82, 2.24) is 9.62 Å². The van der Waals surface area contributed by atoms with Gasteiger partial charge in [-0.25, -0.2) is 8.42 Å². The van der Waals surface area contributed by atoms with Gasteiger partial charge in [-0.05, 0) is 19.3 Å². The van der Waals surface area contributed by atoms with E-state index in [1.165, 1.54) is 11.4 Å². The van der Waals surface area contributed by atoms with Crippen molar-refractivity contribution in [3.05, 3.63) is 0 Å². The van der Waals surface area contributed by atoms with E-state index in [0.717, 1.165) is 6.42 Å². The number of carbonyl (C=O) groups is 1. The lowest BCUT2D eigenvalue weighted by Crippen LogP contribution is -2.45. The molecule has 0 saturated carbocycles. The Morgan fingerprint density at radius 1 is 1.56 bits per heavy atom. The maximum Gasteiger partial charge on any atom is 0.238 e. The third-order valence-corrected chi connectivity index (χ3v) is 4.87. The van der Waals surface area contributed by atoms with E-state index in [1.807, 2.05) is 0 Å². The van der Waals surface area contributed by atoms with Crippen molar-refractivity contribution < 1.29 is 13.2 Å². The highest BCUT2D eigenvalue weighted by atomic mass is 35.5. The SMILES string of the molecule is CNC(=O)C1CCCN1S(=O)(=O)CCCCl. The first kappa shape index (κ1) is 13.7. The van der Waals surface area contributed by atoms with Gasteiger partial charge in [-0.1, -0.05) is 0 Å². The van der Waals surface area contributed by atoms with Gasteiger partial charge in [0.1, 0.15) is 6.04 Å². The van der Waals surface area contributed by atoms with Gasteiger partial charge < -0.3 is 5.32 Å². The van der Waals surface area contributed by atoms with Crippen molar-refractivity contribution in [2.45, 2.75) is 25.3 Å². The van der Waals surface area contributed by atoms with Gasteiger partial charge in [0.2, 0.25) is 15.9 Å². The Morgan fingerprint density at radius 3 is 2.81 bits per heavy atom. The number of nitrogens with one attached hydrogen (secondary N) is 1. The molecule has 0 radical (unpaired) electrons. The Bertz CT molecular complexity index is 345. The lowest BCUT2D eigenvalue weighted by molar-refractivity contribution is -0.123. The summed E-state index contributed by atoms with van der Waals surface area (Å²) in [6.07, 6.45) is 1.75. The monoisotopic (exact) mass is 268 g/mol. The van der Waals surface area contributed by atoms with Crippen LogP contribution < -0.4 is 5.32 Å². The molecule has 1 rings (SSSR count). The summed E-state index contributed by atoms with van der Waals surface area (Å²) in [6, 6.07) is -0.537. The molecule has 7 heteroatoms. The lowest BCUT2D eigenvalue weighted by Gasteiger charge is -2.22. The summed E-state index contributed by atoms with van der Waals surface area (Å²) in [6.45, 7) is 0.433. The number of rotatable bonds is 5. The number of carbonyl (C=O) groups excluding carboxylic acids is 1. The fraction of sp³-hybridized carbons (Fsp3) is 0.889. The van der Waals surface area contributed by atoms with Crippen LogP contribution in [0.1, 0.15) is 19.3 Å². The highest BCUT2D eigenvalue weighted by Gasteiger charge is 2.37. The summed E-state index contributed by atoms with van der Waals surface area (Å²) in [5, 5.41) is 2.49. The number of hydrogen-bond donors (Lipinski definition) is 1. The van der Waals surface area contributed by atoms with E-state index in [-0.39, 0.29) is 11.7 Å². The molecule has 0 bridgehead atoms. The van der Waals surface area contributed by atoms with E-state index in [4.69, 9.17) is 11.6 Å². The Morgan fingerprint density at radius 2 is 2.25 bits per heavy atom. The molecule has 1 aliphatic heterocycles. The second kappa shape index (κ2) is 5.84. The molecule has 1 atom stereocenters. The summed E-state index contributed by atoms with van der Waals surface area (Å²) in [5.74, 6) is 0.105. The molecule has 1 unspecified atom stereocenters. The van der Waals surface area contributed by atoms with Crippen molar-refractivity contribution in [3.63, 3.8) is 0 Å². The minimum absolute atomic E-state index is 0.0179. The molecule has 1 aliphatic rings. The average Bonchev–Trinajstić information content (AvgIpc) is 2.75. The Labute approximate surface area is 101 Å². The molecule has 0 aromatic heterocycles. The van der Waals surface area contributed by atoms with E-state index in [1.54, 1.807) is 0 Å². The second-order valence-electron chi connectivity index (χ2n) is 3.74. The molecular weight excluding hydrogens is 252 g/mol. The van der Waals surface area contributed by atoms with Crippen molar-refractivity contribution in [3.8, 4) is 0 Å². The topological polar surface area (TPSA) is 66.5 Å². The van der Waals surface area contributed by atoms with E-state index >= 15 is 0 Å². The van der Waals surface area contributed by atoms with Crippen LogP contribution in [0, 0.1) is 0 Å². The van der Waals surface area contributed by atoms with Gasteiger partial charge in [-0.15, -0.1) is 11.6 Å². The molecule has 94 valence electrons. The number of alkyl halides is 1. The van der Waals surface area contributed by atoms with E-state index in [2.05, 4.69) is 5.32 Å². The van der Waals surface area contributed by atoms with Gasteiger partial charge >= 0.3 is 0 Å². The van der Waals surface area contributed by atoms with Crippen LogP contribution in [0.2, 0.25) is 0 Å². The Hall–Kier alpha value is -0.330. The quantitative estimate of drug-likeness (QED) is 0.722. The van der Waals surface area contributed by atoms with Gasteiger partial charge in [0, 0.05) is 19.5 Å². The largest absolute Gasteiger partial charge is 0.358 e. The molecule has 1 heterocycles. The number of amides is 1. The van der Waals surface area contributed by atoms with Crippen LogP contribution in [0.15, 0.2) is 0 Å². The standard InChI is InChI=1S/C9H17ClN2O3S/c1-11-9(13)8-4-2-6-12(8)16(14,15)7-3-5-10/h8H,2-7H2,1H3,(H,11,13). The van der Waals surface area contributed by atoms with Crippen LogP contribution in [0.5, 0.6) is 0 Å². The predicted molar refractivity (Wildman–Crippen MR) is 62.9 cm³/mol. The highest BCUT2D eigenvalue weighted by Crippen LogP contribution is 2.21. The first-order valence-corrected chi connectivity index (χ1v) is 7.44.